The second-order valence-electron chi connectivity index (χ2n) is 27.4. The summed E-state index contributed by atoms with van der Waals surface area (Å²) < 4.78 is 5.51. The van der Waals surface area contributed by atoms with Crippen LogP contribution < -0.4 is 5.32 Å². The van der Waals surface area contributed by atoms with Gasteiger partial charge >= 0.3 is 5.97 Å². The number of esters is 1. The number of ether oxygens (including phenoxy) is 1. The van der Waals surface area contributed by atoms with E-state index in [4.69, 9.17) is 4.74 Å². The number of carbonyl (C=O) groups is 2. The van der Waals surface area contributed by atoms with Crippen LogP contribution in [-0.2, 0) is 14.3 Å². The van der Waals surface area contributed by atoms with Crippen molar-refractivity contribution in [1.82, 2.24) is 5.32 Å². The van der Waals surface area contributed by atoms with Crippen molar-refractivity contribution in [2.75, 3.05) is 13.2 Å². The van der Waals surface area contributed by atoms with Crippen LogP contribution in [0.25, 0.3) is 0 Å². The quantitative estimate of drug-likeness (QED) is 0.0320. The van der Waals surface area contributed by atoms with E-state index in [2.05, 4.69) is 43.5 Å². The van der Waals surface area contributed by atoms with Crippen LogP contribution in [0.3, 0.4) is 0 Å². The van der Waals surface area contributed by atoms with E-state index in [0.717, 1.165) is 44.9 Å². The molecule has 0 saturated carbocycles. The zero-order chi connectivity index (χ0) is 62.8. The number of hydrogen-bond donors (Lipinski definition) is 3. The molecule has 0 aliphatic carbocycles. The second-order valence-corrected chi connectivity index (χ2v) is 27.4. The van der Waals surface area contributed by atoms with Gasteiger partial charge in [0.2, 0.25) is 5.91 Å². The van der Waals surface area contributed by atoms with Crippen LogP contribution in [0.1, 0.15) is 444 Å². The number of nitrogens with one attached hydrogen (secondary N) is 1. The molecule has 87 heavy (non-hydrogen) atoms. The van der Waals surface area contributed by atoms with Gasteiger partial charge in [-0.1, -0.05) is 384 Å². The van der Waals surface area contributed by atoms with Crippen molar-refractivity contribution in [2.45, 2.75) is 456 Å². The molecular formula is C81H155NO5. The van der Waals surface area contributed by atoms with Crippen molar-refractivity contribution in [2.24, 2.45) is 0 Å². The molecule has 0 aromatic rings. The van der Waals surface area contributed by atoms with Crippen LogP contribution in [0.5, 0.6) is 0 Å². The lowest BCUT2D eigenvalue weighted by Gasteiger charge is -2.20. The summed E-state index contributed by atoms with van der Waals surface area (Å²) in [7, 11) is 0. The van der Waals surface area contributed by atoms with E-state index in [1.54, 1.807) is 6.08 Å². The first-order chi connectivity index (χ1) is 43.0. The Balaban J connectivity index is 3.37. The molecule has 6 nitrogen and oxygen atoms in total. The monoisotopic (exact) mass is 1220 g/mol. The van der Waals surface area contributed by atoms with E-state index in [9.17, 15) is 19.8 Å². The maximum atomic E-state index is 12.5. The second kappa shape index (κ2) is 76.5. The van der Waals surface area contributed by atoms with Crippen molar-refractivity contribution in [3.63, 3.8) is 0 Å². The van der Waals surface area contributed by atoms with Crippen LogP contribution in [0.4, 0.5) is 0 Å². The van der Waals surface area contributed by atoms with E-state index in [1.807, 2.05) is 6.08 Å². The number of hydrogen-bond acceptors (Lipinski definition) is 5. The Morgan fingerprint density at radius 1 is 0.310 bits per heavy atom. The third-order valence-corrected chi connectivity index (χ3v) is 18.6. The summed E-state index contributed by atoms with van der Waals surface area (Å²) in [5.41, 5.74) is 0. The molecule has 0 aromatic carbocycles. The lowest BCUT2D eigenvalue weighted by Crippen LogP contribution is -2.45. The Kier molecular flexibility index (Phi) is 74.8. The van der Waals surface area contributed by atoms with E-state index < -0.39 is 12.1 Å². The van der Waals surface area contributed by atoms with Crippen LogP contribution in [0, 0.1) is 0 Å². The number of allylic oxidation sites excluding steroid dienone is 5. The predicted octanol–water partition coefficient (Wildman–Crippen LogP) is 26.2. The topological polar surface area (TPSA) is 95.9 Å². The van der Waals surface area contributed by atoms with Gasteiger partial charge < -0.3 is 20.3 Å². The van der Waals surface area contributed by atoms with Crippen LogP contribution in [-0.4, -0.2) is 47.4 Å². The molecule has 0 fully saturated rings. The Morgan fingerprint density at radius 3 is 0.816 bits per heavy atom. The fourth-order valence-electron chi connectivity index (χ4n) is 12.6. The van der Waals surface area contributed by atoms with E-state index >= 15 is 0 Å². The molecule has 0 rings (SSSR count). The average Bonchev–Trinajstić information content (AvgIpc) is 3.53. The molecule has 0 radical (unpaired) electrons. The SMILES string of the molecule is CCCCCCCCC/C=C\CCCCCCCCCC(=O)OCCCCCCCCCCCCCC/C=C\CCCCCCCCCCCCCCCCCCC(=O)NC(CO)C(O)/C=C/CCCCCCCCCCCCCCCCCCCC. The minimum absolute atomic E-state index is 0.0158. The van der Waals surface area contributed by atoms with Crippen molar-refractivity contribution >= 4 is 11.9 Å². The smallest absolute Gasteiger partial charge is 0.305 e. The first kappa shape index (κ1) is 85.1. The highest BCUT2D eigenvalue weighted by Gasteiger charge is 2.18. The van der Waals surface area contributed by atoms with Gasteiger partial charge in [-0.2, -0.15) is 0 Å². The zero-order valence-corrected chi connectivity index (χ0v) is 59.0. The summed E-state index contributed by atoms with van der Waals surface area (Å²) in [5, 5.41) is 23.3. The summed E-state index contributed by atoms with van der Waals surface area (Å²) in [6.45, 7) is 4.95. The molecule has 6 heteroatoms. The summed E-state index contributed by atoms with van der Waals surface area (Å²) in [5.74, 6) is -0.0453. The fraction of sp³-hybridized carbons (Fsp3) is 0.901. The lowest BCUT2D eigenvalue weighted by atomic mass is 10.0. The van der Waals surface area contributed by atoms with Crippen molar-refractivity contribution in [3.8, 4) is 0 Å². The molecule has 0 heterocycles. The van der Waals surface area contributed by atoms with Crippen molar-refractivity contribution < 1.29 is 24.5 Å². The van der Waals surface area contributed by atoms with Gasteiger partial charge in [0.25, 0.3) is 0 Å². The third-order valence-electron chi connectivity index (χ3n) is 18.6. The van der Waals surface area contributed by atoms with Crippen LogP contribution in [0.15, 0.2) is 36.5 Å². The van der Waals surface area contributed by atoms with Crippen molar-refractivity contribution in [1.29, 1.82) is 0 Å². The number of carbonyl (C=O) groups excluding carboxylic acids is 2. The van der Waals surface area contributed by atoms with Gasteiger partial charge in [-0.3, -0.25) is 9.59 Å². The van der Waals surface area contributed by atoms with Crippen LogP contribution >= 0.6 is 0 Å². The molecule has 2 atom stereocenters. The van der Waals surface area contributed by atoms with Crippen molar-refractivity contribution in [3.05, 3.63) is 36.5 Å². The Morgan fingerprint density at radius 2 is 0.540 bits per heavy atom. The molecule has 0 spiro atoms. The predicted molar refractivity (Wildman–Crippen MR) is 384 cm³/mol. The fourth-order valence-corrected chi connectivity index (χ4v) is 12.6. The highest BCUT2D eigenvalue weighted by Crippen LogP contribution is 2.19. The average molecular weight is 1220 g/mol. The molecule has 3 N–H and O–H groups in total. The molecule has 1 amide bonds. The number of unbranched alkanes of at least 4 members (excludes halogenated alkanes) is 60. The van der Waals surface area contributed by atoms with Gasteiger partial charge in [-0.25, -0.2) is 0 Å². The Labute approximate surface area is 544 Å². The normalized spacial score (nSPS) is 12.6. The van der Waals surface area contributed by atoms with Gasteiger partial charge in [0.15, 0.2) is 0 Å². The molecule has 0 aromatic heterocycles. The minimum atomic E-state index is -0.844. The lowest BCUT2D eigenvalue weighted by molar-refractivity contribution is -0.143. The standard InChI is InChI=1S/C81H155NO5/c1-3-5-7-9-11-13-15-17-19-21-23-38-41-45-49-53-57-61-65-69-73-79(84)78(77-83)82-80(85)74-70-66-62-58-54-50-46-42-39-36-34-32-30-28-26-24-25-27-29-31-33-35-37-40-44-48-52-56-60-64-68-72-76-87-81(86)75-71-67-63-59-55-51-47-43-22-20-18-16-14-12-10-8-6-4-2/h20,22,27,29,69,73,78-79,83-84H,3-19,21,23-26,28,30-68,70-72,74-77H2,1-2H3,(H,82,85)/b22-20-,29-27-,73-69+. The summed E-state index contributed by atoms with van der Waals surface area (Å²) in [4.78, 5) is 24.7. The summed E-state index contributed by atoms with van der Waals surface area (Å²) in [6, 6.07) is -0.627. The van der Waals surface area contributed by atoms with E-state index in [1.165, 1.54) is 372 Å². The minimum Gasteiger partial charge on any atom is -0.466 e. The van der Waals surface area contributed by atoms with Crippen LogP contribution in [0.2, 0.25) is 0 Å². The molecule has 0 aliphatic rings. The number of amides is 1. The maximum absolute atomic E-state index is 12.5. The molecule has 0 saturated heterocycles. The van der Waals surface area contributed by atoms with Gasteiger partial charge in [0.1, 0.15) is 0 Å². The molecular weight excluding hydrogens is 1070 g/mol. The summed E-state index contributed by atoms with van der Waals surface area (Å²) >= 11 is 0. The maximum Gasteiger partial charge on any atom is 0.305 e. The number of aliphatic hydroxyl groups is 2. The van der Waals surface area contributed by atoms with Gasteiger partial charge in [-0.05, 0) is 83.5 Å². The highest BCUT2D eigenvalue weighted by molar-refractivity contribution is 5.76. The first-order valence-electron chi connectivity index (χ1n) is 39.8. The number of aliphatic hydroxyl groups excluding tert-OH is 2. The Bertz CT molecular complexity index is 1410. The molecule has 514 valence electrons. The molecule has 2 unspecified atom stereocenters. The molecule has 0 aliphatic heterocycles. The zero-order valence-electron chi connectivity index (χ0n) is 59.0. The van der Waals surface area contributed by atoms with Gasteiger partial charge in [-0.15, -0.1) is 0 Å². The van der Waals surface area contributed by atoms with Gasteiger partial charge in [0, 0.05) is 12.8 Å². The number of rotatable bonds is 75. The molecule has 0 bridgehead atoms. The van der Waals surface area contributed by atoms with Gasteiger partial charge in [0.05, 0.1) is 25.4 Å². The highest BCUT2D eigenvalue weighted by atomic mass is 16.5. The third kappa shape index (κ3) is 73.0. The van der Waals surface area contributed by atoms with E-state index in [0.29, 0.717) is 19.4 Å². The largest absolute Gasteiger partial charge is 0.466 e. The Hall–Kier alpha value is -1.92. The van der Waals surface area contributed by atoms with E-state index in [-0.39, 0.29) is 18.5 Å². The summed E-state index contributed by atoms with van der Waals surface area (Å²) in [6.07, 6.45) is 99.8. The first-order valence-corrected chi connectivity index (χ1v) is 39.8.